The molecule has 3 aromatic rings. The molecule has 2 aliphatic rings. The monoisotopic (exact) mass is 435 g/mol. The number of hydrogen-bond donors (Lipinski definition) is 1. The average molecular weight is 436 g/mol. The number of anilines is 1. The predicted octanol–water partition coefficient (Wildman–Crippen LogP) is 3.03. The fourth-order valence-electron chi connectivity index (χ4n) is 4.29. The molecule has 5 rings (SSSR count). The van der Waals surface area contributed by atoms with E-state index in [9.17, 15) is 14.0 Å². The van der Waals surface area contributed by atoms with Gasteiger partial charge in [-0.25, -0.2) is 9.37 Å². The molecule has 0 bridgehead atoms. The Morgan fingerprint density at radius 2 is 1.94 bits per heavy atom. The van der Waals surface area contributed by atoms with Gasteiger partial charge in [-0.2, -0.15) is 0 Å². The van der Waals surface area contributed by atoms with E-state index in [0.29, 0.717) is 44.3 Å². The molecule has 2 fully saturated rings. The largest absolute Gasteiger partial charge is 0.336 e. The predicted molar refractivity (Wildman–Crippen MR) is 119 cm³/mol. The van der Waals surface area contributed by atoms with Crippen LogP contribution >= 0.6 is 0 Å². The molecule has 2 atom stereocenters. The zero-order valence-electron chi connectivity index (χ0n) is 18.0. The van der Waals surface area contributed by atoms with Gasteiger partial charge in [0, 0.05) is 51.0 Å². The van der Waals surface area contributed by atoms with Gasteiger partial charge in [-0.1, -0.05) is 13.0 Å². The molecule has 8 heteroatoms. The second kappa shape index (κ2) is 8.35. The highest BCUT2D eigenvalue weighted by Crippen LogP contribution is 2.38. The van der Waals surface area contributed by atoms with E-state index in [1.165, 1.54) is 18.2 Å². The lowest BCUT2D eigenvalue weighted by molar-refractivity contribution is -0.117. The van der Waals surface area contributed by atoms with Crippen molar-refractivity contribution in [3.05, 3.63) is 65.9 Å². The maximum Gasteiger partial charge on any atom is 0.256 e. The summed E-state index contributed by atoms with van der Waals surface area (Å²) >= 11 is 0. The maximum absolute atomic E-state index is 13.9. The number of imidazole rings is 1. The van der Waals surface area contributed by atoms with E-state index in [1.807, 2.05) is 41.9 Å². The van der Waals surface area contributed by atoms with Crippen molar-refractivity contribution in [3.8, 4) is 0 Å². The number of nitrogens with zero attached hydrogens (tertiary/aromatic N) is 4. The second-order valence-electron chi connectivity index (χ2n) is 8.77. The van der Waals surface area contributed by atoms with E-state index in [4.69, 9.17) is 0 Å². The van der Waals surface area contributed by atoms with E-state index >= 15 is 0 Å². The Labute approximate surface area is 185 Å². The number of benzene rings is 1. The van der Waals surface area contributed by atoms with Gasteiger partial charge in [0.25, 0.3) is 5.91 Å². The summed E-state index contributed by atoms with van der Waals surface area (Å²) in [4.78, 5) is 34.1. The highest BCUT2D eigenvalue weighted by molar-refractivity contribution is 6.04. The summed E-state index contributed by atoms with van der Waals surface area (Å²) in [6, 6.07) is 9.88. The number of carbonyl (C=O) groups is 2. The molecular formula is C24H26FN5O2. The van der Waals surface area contributed by atoms with Crippen LogP contribution < -0.4 is 5.32 Å². The van der Waals surface area contributed by atoms with Gasteiger partial charge >= 0.3 is 0 Å². The summed E-state index contributed by atoms with van der Waals surface area (Å²) in [5, 5.41) is 2.83. The van der Waals surface area contributed by atoms with Crippen molar-refractivity contribution in [1.29, 1.82) is 0 Å². The number of hydrogen-bond acceptors (Lipinski definition) is 4. The van der Waals surface area contributed by atoms with E-state index in [-0.39, 0.29) is 23.3 Å². The molecule has 0 spiro atoms. The molecule has 3 heterocycles. The zero-order valence-corrected chi connectivity index (χ0v) is 18.0. The molecule has 7 nitrogen and oxygen atoms in total. The molecule has 1 saturated heterocycles. The lowest BCUT2D eigenvalue weighted by atomic mass is 10.1. The molecule has 1 saturated carbocycles. The fourth-order valence-corrected chi connectivity index (χ4v) is 4.29. The van der Waals surface area contributed by atoms with E-state index < -0.39 is 5.82 Å². The van der Waals surface area contributed by atoms with Crippen LogP contribution in [-0.4, -0.2) is 57.2 Å². The van der Waals surface area contributed by atoms with Crippen molar-refractivity contribution in [2.45, 2.75) is 19.9 Å². The number of fused-ring (bicyclic) bond motifs is 1. The van der Waals surface area contributed by atoms with Crippen LogP contribution in [0.2, 0.25) is 0 Å². The Kier molecular flexibility index (Phi) is 5.38. The van der Waals surface area contributed by atoms with E-state index in [2.05, 4.69) is 15.2 Å². The number of piperazine rings is 1. The highest BCUT2D eigenvalue weighted by atomic mass is 19.1. The Morgan fingerprint density at radius 3 is 2.66 bits per heavy atom. The van der Waals surface area contributed by atoms with Gasteiger partial charge in [-0.15, -0.1) is 0 Å². The number of rotatable bonds is 5. The van der Waals surface area contributed by atoms with Gasteiger partial charge in [0.2, 0.25) is 5.91 Å². The minimum absolute atomic E-state index is 0.0221. The first kappa shape index (κ1) is 20.6. The molecule has 1 aliphatic heterocycles. The average Bonchev–Trinajstić information content (AvgIpc) is 3.39. The van der Waals surface area contributed by atoms with E-state index in [1.54, 1.807) is 4.90 Å². The van der Waals surface area contributed by atoms with Gasteiger partial charge in [-0.3, -0.25) is 14.5 Å². The Morgan fingerprint density at radius 1 is 1.16 bits per heavy atom. The number of carbonyl (C=O) groups excluding carboxylic acids is 2. The van der Waals surface area contributed by atoms with Crippen LogP contribution in [-0.2, 0) is 11.3 Å². The molecule has 166 valence electrons. The molecule has 0 radical (unpaired) electrons. The quantitative estimate of drug-likeness (QED) is 0.669. The van der Waals surface area contributed by atoms with Gasteiger partial charge in [0.1, 0.15) is 11.5 Å². The molecule has 2 aromatic heterocycles. The van der Waals surface area contributed by atoms with Crippen LogP contribution in [0.25, 0.3) is 5.65 Å². The van der Waals surface area contributed by atoms with Crippen LogP contribution in [0, 0.1) is 17.7 Å². The summed E-state index contributed by atoms with van der Waals surface area (Å²) in [5.74, 6) is -0.509. The van der Waals surface area contributed by atoms with Crippen molar-refractivity contribution in [2.75, 3.05) is 31.5 Å². The summed E-state index contributed by atoms with van der Waals surface area (Å²) in [6.07, 6.45) is 4.85. The van der Waals surface area contributed by atoms with Crippen molar-refractivity contribution < 1.29 is 14.0 Å². The molecule has 2 unspecified atom stereocenters. The third kappa shape index (κ3) is 4.23. The van der Waals surface area contributed by atoms with Gasteiger partial charge in [-0.05, 0) is 42.7 Å². The first-order chi connectivity index (χ1) is 15.5. The van der Waals surface area contributed by atoms with Crippen molar-refractivity contribution in [2.24, 2.45) is 11.8 Å². The van der Waals surface area contributed by atoms with E-state index in [0.717, 1.165) is 17.8 Å². The second-order valence-corrected chi connectivity index (χ2v) is 8.77. The molecule has 1 aliphatic carbocycles. The van der Waals surface area contributed by atoms with Gasteiger partial charge in [0.15, 0.2) is 0 Å². The summed E-state index contributed by atoms with van der Waals surface area (Å²) in [7, 11) is 0. The third-order valence-electron chi connectivity index (χ3n) is 6.38. The number of halogens is 1. The van der Waals surface area contributed by atoms with Crippen molar-refractivity contribution in [1.82, 2.24) is 19.2 Å². The zero-order chi connectivity index (χ0) is 22.2. The van der Waals surface area contributed by atoms with Crippen LogP contribution in [0.15, 0.2) is 48.8 Å². The summed E-state index contributed by atoms with van der Waals surface area (Å²) in [5.41, 5.74) is 2.49. The minimum Gasteiger partial charge on any atom is -0.336 e. The molecule has 2 amide bonds. The molecule has 1 aromatic carbocycles. The Balaban J connectivity index is 1.23. The Bertz CT molecular complexity index is 1140. The number of pyridine rings is 1. The number of nitrogens with one attached hydrogen (secondary N) is 1. The number of aromatic nitrogens is 2. The summed E-state index contributed by atoms with van der Waals surface area (Å²) < 4.78 is 15.9. The van der Waals surface area contributed by atoms with Gasteiger partial charge < -0.3 is 14.6 Å². The Hall–Kier alpha value is -3.26. The van der Waals surface area contributed by atoms with Crippen molar-refractivity contribution in [3.63, 3.8) is 0 Å². The SMILES string of the molecule is CC1CC1C(=O)Nc1ccc(F)cc1C(=O)N1CCN(Cc2cn3ccccc3n2)CC1. The fraction of sp³-hybridized carbons (Fsp3) is 0.375. The van der Waals surface area contributed by atoms with Crippen LogP contribution in [0.1, 0.15) is 29.4 Å². The highest BCUT2D eigenvalue weighted by Gasteiger charge is 2.39. The normalized spacial score (nSPS) is 21.0. The van der Waals surface area contributed by atoms with Crippen LogP contribution in [0.4, 0.5) is 10.1 Å². The standard InChI is InChI=1S/C24H26FN5O2/c1-16-12-19(16)23(31)27-21-6-5-17(25)13-20(21)24(32)29-10-8-28(9-11-29)14-18-15-30-7-3-2-4-22(30)26-18/h2-7,13,15-16,19H,8-12,14H2,1H3,(H,27,31). The first-order valence-corrected chi connectivity index (χ1v) is 11.0. The number of amides is 2. The third-order valence-corrected chi connectivity index (χ3v) is 6.38. The van der Waals surface area contributed by atoms with Gasteiger partial charge in [0.05, 0.1) is 16.9 Å². The van der Waals surface area contributed by atoms with Crippen LogP contribution in [0.3, 0.4) is 0 Å². The smallest absolute Gasteiger partial charge is 0.256 e. The molecular weight excluding hydrogens is 409 g/mol. The lowest BCUT2D eigenvalue weighted by Gasteiger charge is -2.34. The topological polar surface area (TPSA) is 70.0 Å². The minimum atomic E-state index is -0.489. The molecule has 32 heavy (non-hydrogen) atoms. The molecule has 1 N–H and O–H groups in total. The first-order valence-electron chi connectivity index (χ1n) is 11.0. The van der Waals surface area contributed by atoms with Crippen molar-refractivity contribution >= 4 is 23.1 Å². The van der Waals surface area contributed by atoms with Crippen LogP contribution in [0.5, 0.6) is 0 Å². The summed E-state index contributed by atoms with van der Waals surface area (Å²) in [6.45, 7) is 5.22. The maximum atomic E-state index is 13.9. The lowest BCUT2D eigenvalue weighted by Crippen LogP contribution is -2.48.